The van der Waals surface area contributed by atoms with Gasteiger partial charge in [0.1, 0.15) is 6.17 Å². The SMILES string of the molecule is CC1(c2ccc3ccccc3c2)C(F)CC12CCC2. The van der Waals surface area contributed by atoms with Gasteiger partial charge in [-0.2, -0.15) is 0 Å². The molecule has 2 aliphatic carbocycles. The second-order valence-corrected chi connectivity index (χ2v) is 6.57. The van der Waals surface area contributed by atoms with Gasteiger partial charge in [-0.1, -0.05) is 55.8 Å². The molecule has 0 aliphatic heterocycles. The molecule has 4 rings (SSSR count). The van der Waals surface area contributed by atoms with Crippen LogP contribution in [0.25, 0.3) is 10.8 Å². The van der Waals surface area contributed by atoms with Gasteiger partial charge in [0.15, 0.2) is 0 Å². The highest BCUT2D eigenvalue weighted by atomic mass is 19.1. The van der Waals surface area contributed by atoms with Gasteiger partial charge in [-0.15, -0.1) is 0 Å². The van der Waals surface area contributed by atoms with E-state index in [1.54, 1.807) is 0 Å². The summed E-state index contributed by atoms with van der Waals surface area (Å²) in [6.45, 7) is 2.14. The van der Waals surface area contributed by atoms with Crippen LogP contribution in [0.4, 0.5) is 4.39 Å². The Balaban J connectivity index is 1.85. The molecule has 2 unspecified atom stereocenters. The third-order valence-electron chi connectivity index (χ3n) is 5.96. The zero-order chi connectivity index (χ0) is 13.1. The summed E-state index contributed by atoms with van der Waals surface area (Å²) in [7, 11) is 0. The van der Waals surface area contributed by atoms with Crippen LogP contribution in [-0.4, -0.2) is 6.17 Å². The molecule has 1 spiro atoms. The Morgan fingerprint density at radius 3 is 2.42 bits per heavy atom. The van der Waals surface area contributed by atoms with Crippen molar-refractivity contribution in [3.05, 3.63) is 48.0 Å². The van der Waals surface area contributed by atoms with Crippen molar-refractivity contribution in [3.63, 3.8) is 0 Å². The van der Waals surface area contributed by atoms with Crippen LogP contribution in [-0.2, 0) is 5.41 Å². The summed E-state index contributed by atoms with van der Waals surface area (Å²) in [5, 5.41) is 2.47. The van der Waals surface area contributed by atoms with Crippen molar-refractivity contribution in [1.29, 1.82) is 0 Å². The van der Waals surface area contributed by atoms with Gasteiger partial charge in [-0.3, -0.25) is 0 Å². The van der Waals surface area contributed by atoms with Crippen molar-refractivity contribution in [1.82, 2.24) is 0 Å². The average molecular weight is 254 g/mol. The Labute approximate surface area is 113 Å². The number of hydrogen-bond acceptors (Lipinski definition) is 0. The van der Waals surface area contributed by atoms with E-state index in [-0.39, 0.29) is 10.8 Å². The predicted molar refractivity (Wildman–Crippen MR) is 77.1 cm³/mol. The first-order valence-corrected chi connectivity index (χ1v) is 7.29. The van der Waals surface area contributed by atoms with Crippen molar-refractivity contribution in [2.75, 3.05) is 0 Å². The van der Waals surface area contributed by atoms with Crippen LogP contribution in [0.3, 0.4) is 0 Å². The van der Waals surface area contributed by atoms with Crippen LogP contribution in [0.5, 0.6) is 0 Å². The molecular weight excluding hydrogens is 235 g/mol. The largest absolute Gasteiger partial charge is 0.246 e. The van der Waals surface area contributed by atoms with Gasteiger partial charge in [-0.05, 0) is 41.0 Å². The van der Waals surface area contributed by atoms with E-state index in [0.717, 1.165) is 6.42 Å². The molecule has 1 heteroatoms. The maximum absolute atomic E-state index is 14.4. The minimum atomic E-state index is -0.672. The molecule has 2 aromatic rings. The van der Waals surface area contributed by atoms with Crippen LogP contribution in [0.15, 0.2) is 42.5 Å². The molecule has 0 radical (unpaired) electrons. The van der Waals surface area contributed by atoms with Crippen LogP contribution in [0.2, 0.25) is 0 Å². The Kier molecular flexibility index (Phi) is 2.17. The van der Waals surface area contributed by atoms with Crippen molar-refractivity contribution >= 4 is 10.8 Å². The quantitative estimate of drug-likeness (QED) is 0.671. The summed E-state index contributed by atoms with van der Waals surface area (Å²) in [5.74, 6) is 0. The lowest BCUT2D eigenvalue weighted by atomic mass is 9.39. The number of fused-ring (bicyclic) bond motifs is 1. The molecule has 0 bridgehead atoms. The normalized spacial score (nSPS) is 32.0. The molecule has 0 saturated heterocycles. The number of alkyl halides is 1. The van der Waals surface area contributed by atoms with Gasteiger partial charge >= 0.3 is 0 Å². The predicted octanol–water partition coefficient (Wildman–Crippen LogP) is 5.01. The first kappa shape index (κ1) is 11.5. The summed E-state index contributed by atoms with van der Waals surface area (Å²) >= 11 is 0. The number of hydrogen-bond donors (Lipinski definition) is 0. The second-order valence-electron chi connectivity index (χ2n) is 6.57. The molecule has 0 heterocycles. The molecule has 0 amide bonds. The van der Waals surface area contributed by atoms with Gasteiger partial charge in [0.05, 0.1) is 0 Å². The van der Waals surface area contributed by atoms with Crippen molar-refractivity contribution in [2.45, 2.75) is 44.2 Å². The third kappa shape index (κ3) is 1.29. The van der Waals surface area contributed by atoms with E-state index in [9.17, 15) is 4.39 Å². The molecule has 0 N–H and O–H groups in total. The van der Waals surface area contributed by atoms with E-state index >= 15 is 0 Å². The van der Waals surface area contributed by atoms with Gasteiger partial charge in [-0.25, -0.2) is 4.39 Å². The Hall–Kier alpha value is -1.37. The summed E-state index contributed by atoms with van der Waals surface area (Å²) in [4.78, 5) is 0. The lowest BCUT2D eigenvalue weighted by Gasteiger charge is -2.65. The van der Waals surface area contributed by atoms with E-state index in [1.165, 1.54) is 35.6 Å². The maximum atomic E-state index is 14.4. The molecular formula is C18H19F. The minimum absolute atomic E-state index is 0.255. The monoisotopic (exact) mass is 254 g/mol. The van der Waals surface area contributed by atoms with Gasteiger partial charge in [0.2, 0.25) is 0 Å². The zero-order valence-electron chi connectivity index (χ0n) is 11.3. The average Bonchev–Trinajstić information content (AvgIpc) is 2.41. The van der Waals surface area contributed by atoms with E-state index < -0.39 is 6.17 Å². The van der Waals surface area contributed by atoms with Crippen molar-refractivity contribution in [3.8, 4) is 0 Å². The molecule has 2 fully saturated rings. The van der Waals surface area contributed by atoms with Gasteiger partial charge in [0, 0.05) is 5.41 Å². The summed E-state index contributed by atoms with van der Waals surface area (Å²) in [6.07, 6.45) is 3.79. The first-order valence-electron chi connectivity index (χ1n) is 7.29. The third-order valence-corrected chi connectivity index (χ3v) is 5.96. The summed E-state index contributed by atoms with van der Waals surface area (Å²) in [5.41, 5.74) is 1.20. The van der Waals surface area contributed by atoms with Crippen molar-refractivity contribution < 1.29 is 4.39 Å². The van der Waals surface area contributed by atoms with E-state index in [0.29, 0.717) is 0 Å². The fraction of sp³-hybridized carbons (Fsp3) is 0.444. The van der Waals surface area contributed by atoms with E-state index in [2.05, 4.69) is 49.4 Å². The smallest absolute Gasteiger partial charge is 0.111 e. The molecule has 0 aromatic heterocycles. The maximum Gasteiger partial charge on any atom is 0.111 e. The first-order chi connectivity index (χ1) is 9.16. The fourth-order valence-corrected chi connectivity index (χ4v) is 4.29. The molecule has 2 aliphatic rings. The highest BCUT2D eigenvalue weighted by Gasteiger charge is 2.65. The van der Waals surface area contributed by atoms with Gasteiger partial charge < -0.3 is 0 Å². The summed E-state index contributed by atoms with van der Waals surface area (Å²) < 4.78 is 14.4. The molecule has 2 saturated carbocycles. The highest BCUT2D eigenvalue weighted by Crippen LogP contribution is 2.68. The van der Waals surface area contributed by atoms with Crippen LogP contribution >= 0.6 is 0 Å². The fourth-order valence-electron chi connectivity index (χ4n) is 4.29. The van der Waals surface area contributed by atoms with Crippen molar-refractivity contribution in [2.24, 2.45) is 5.41 Å². The second kappa shape index (κ2) is 3.59. The van der Waals surface area contributed by atoms with Crippen LogP contribution < -0.4 is 0 Å². The molecule has 2 atom stereocenters. The lowest BCUT2D eigenvalue weighted by Crippen LogP contribution is -2.64. The van der Waals surface area contributed by atoms with E-state index in [4.69, 9.17) is 0 Å². The number of halogens is 1. The highest BCUT2D eigenvalue weighted by molar-refractivity contribution is 5.83. The molecule has 98 valence electrons. The van der Waals surface area contributed by atoms with E-state index in [1.807, 2.05) is 0 Å². The Morgan fingerprint density at radius 2 is 1.79 bits per heavy atom. The van der Waals surface area contributed by atoms with Crippen LogP contribution in [0, 0.1) is 5.41 Å². The Morgan fingerprint density at radius 1 is 1.05 bits per heavy atom. The summed E-state index contributed by atoms with van der Waals surface area (Å²) in [6, 6.07) is 14.9. The lowest BCUT2D eigenvalue weighted by molar-refractivity contribution is -0.136. The topological polar surface area (TPSA) is 0 Å². The Bertz CT molecular complexity index is 641. The van der Waals surface area contributed by atoms with Crippen LogP contribution in [0.1, 0.15) is 38.2 Å². The standard InChI is InChI=1S/C18H19F/c1-17(16(19)12-18(17)9-4-10-18)15-8-7-13-5-2-3-6-14(13)11-15/h2-3,5-8,11,16H,4,9-10,12H2,1H3. The minimum Gasteiger partial charge on any atom is -0.246 e. The molecule has 0 nitrogen and oxygen atoms in total. The molecule has 2 aromatic carbocycles. The molecule has 19 heavy (non-hydrogen) atoms. The van der Waals surface area contributed by atoms with Gasteiger partial charge in [0.25, 0.3) is 0 Å². The number of rotatable bonds is 1. The number of benzene rings is 2. The zero-order valence-corrected chi connectivity index (χ0v) is 11.3.